The Morgan fingerprint density at radius 1 is 0.905 bits per heavy atom. The van der Waals surface area contributed by atoms with Gasteiger partial charge in [-0.2, -0.15) is 0 Å². The van der Waals surface area contributed by atoms with Crippen molar-refractivity contribution in [3.05, 3.63) is 84.5 Å². The zero-order valence-corrected chi connectivity index (χ0v) is 12.5. The Hall–Kier alpha value is -2.18. The Bertz CT molecular complexity index is 702. The van der Waals surface area contributed by atoms with Crippen molar-refractivity contribution < 1.29 is 4.57 Å². The van der Waals surface area contributed by atoms with Crippen molar-refractivity contribution in [1.29, 1.82) is 0 Å². The highest BCUT2D eigenvalue weighted by Gasteiger charge is 2.25. The molecule has 3 rings (SSSR count). The van der Waals surface area contributed by atoms with Crippen LogP contribution in [0.15, 0.2) is 89.2 Å². The Balaban J connectivity index is 2.05. The summed E-state index contributed by atoms with van der Waals surface area (Å²) in [4.78, 5) is 0. The van der Waals surface area contributed by atoms with Crippen molar-refractivity contribution in [3.8, 4) is 0 Å². The van der Waals surface area contributed by atoms with E-state index in [0.29, 0.717) is 0 Å². The van der Waals surface area contributed by atoms with Crippen LogP contribution in [0.25, 0.3) is 0 Å². The highest BCUT2D eigenvalue weighted by molar-refractivity contribution is 7.77. The van der Waals surface area contributed by atoms with E-state index in [1.807, 2.05) is 72.8 Å². The second kappa shape index (κ2) is 6.07. The largest absolute Gasteiger partial charge is 0.288 e. The van der Waals surface area contributed by atoms with E-state index in [-0.39, 0.29) is 0 Å². The van der Waals surface area contributed by atoms with Crippen LogP contribution in [0.5, 0.6) is 0 Å². The number of nitrogens with zero attached hydrogens (tertiary/aromatic N) is 1. The first-order chi connectivity index (χ1) is 10.3. The summed E-state index contributed by atoms with van der Waals surface area (Å²) in [6.07, 6.45) is 8.67. The normalized spacial score (nSPS) is 14.6. The van der Waals surface area contributed by atoms with Gasteiger partial charge >= 0.3 is 0 Å². The number of hydrogen-bond acceptors (Lipinski definition) is 1. The third-order valence-corrected chi connectivity index (χ3v) is 5.84. The lowest BCUT2D eigenvalue weighted by molar-refractivity contribution is 0.588. The molecule has 1 aliphatic carbocycles. The van der Waals surface area contributed by atoms with Gasteiger partial charge in [-0.15, -0.1) is 0 Å². The van der Waals surface area contributed by atoms with E-state index in [1.54, 1.807) is 6.21 Å². The van der Waals surface area contributed by atoms with Crippen molar-refractivity contribution >= 4 is 24.1 Å². The molecule has 104 valence electrons. The molecule has 0 fully saturated rings. The summed E-state index contributed by atoms with van der Waals surface area (Å²) in [6, 6.07) is 19.0. The second-order valence-electron chi connectivity index (χ2n) is 4.87. The van der Waals surface area contributed by atoms with Crippen molar-refractivity contribution in [2.24, 2.45) is 4.76 Å². The van der Waals surface area contributed by atoms with Crippen LogP contribution >= 0.6 is 7.29 Å². The Kier molecular flexibility index (Phi) is 3.98. The van der Waals surface area contributed by atoms with Gasteiger partial charge in [0.15, 0.2) is 0 Å². The maximum absolute atomic E-state index is 13.5. The first-order valence-electron chi connectivity index (χ1n) is 6.92. The molecule has 0 bridgehead atoms. The molecule has 0 heterocycles. The predicted octanol–water partition coefficient (Wildman–Crippen LogP) is 3.87. The van der Waals surface area contributed by atoms with Crippen LogP contribution in [0, 0.1) is 0 Å². The van der Waals surface area contributed by atoms with Crippen molar-refractivity contribution in [3.63, 3.8) is 0 Å². The average molecular weight is 293 g/mol. The van der Waals surface area contributed by atoms with Crippen LogP contribution in [0.3, 0.4) is 0 Å². The van der Waals surface area contributed by atoms with E-state index >= 15 is 0 Å². The Morgan fingerprint density at radius 2 is 1.48 bits per heavy atom. The minimum Gasteiger partial charge on any atom is -0.288 e. The van der Waals surface area contributed by atoms with E-state index in [0.717, 1.165) is 22.6 Å². The van der Waals surface area contributed by atoms with Gasteiger partial charge in [0, 0.05) is 16.8 Å². The van der Waals surface area contributed by atoms with Gasteiger partial charge in [-0.1, -0.05) is 54.6 Å². The summed E-state index contributed by atoms with van der Waals surface area (Å²) in [7, 11) is -2.98. The zero-order valence-electron chi connectivity index (χ0n) is 11.6. The summed E-state index contributed by atoms with van der Waals surface area (Å²) in [5, 5.41) is 1.53. The number of allylic oxidation sites excluding steroid dienone is 4. The molecule has 0 radical (unpaired) electrons. The van der Waals surface area contributed by atoms with Crippen molar-refractivity contribution in [2.75, 3.05) is 0 Å². The molecule has 0 N–H and O–H groups in total. The maximum atomic E-state index is 13.5. The van der Waals surface area contributed by atoms with Gasteiger partial charge in [0.2, 0.25) is 7.29 Å². The SMILES string of the molecule is O=P(/N=C/C1=CC=CC1)(c1ccccc1)c1ccccc1. The Morgan fingerprint density at radius 3 is 1.95 bits per heavy atom. The summed E-state index contributed by atoms with van der Waals surface area (Å²) in [5.74, 6) is 0. The molecule has 2 nitrogen and oxygen atoms in total. The van der Waals surface area contributed by atoms with E-state index in [1.165, 1.54) is 0 Å². The molecule has 0 unspecified atom stereocenters. The highest BCUT2D eigenvalue weighted by Crippen LogP contribution is 2.44. The minimum atomic E-state index is -2.98. The number of benzene rings is 2. The Labute approximate surface area is 125 Å². The topological polar surface area (TPSA) is 29.4 Å². The fourth-order valence-electron chi connectivity index (χ4n) is 2.26. The summed E-state index contributed by atoms with van der Waals surface area (Å²) >= 11 is 0. The fraction of sp³-hybridized carbons (Fsp3) is 0.0556. The van der Waals surface area contributed by atoms with E-state index in [4.69, 9.17) is 0 Å². The van der Waals surface area contributed by atoms with Crippen molar-refractivity contribution in [1.82, 2.24) is 0 Å². The smallest absolute Gasteiger partial charge is 0.247 e. The molecular weight excluding hydrogens is 277 g/mol. The van der Waals surface area contributed by atoms with E-state index in [9.17, 15) is 4.57 Å². The molecule has 21 heavy (non-hydrogen) atoms. The van der Waals surface area contributed by atoms with Crippen LogP contribution in [0.2, 0.25) is 0 Å². The first kappa shape index (κ1) is 13.8. The second-order valence-corrected chi connectivity index (χ2v) is 7.28. The summed E-state index contributed by atoms with van der Waals surface area (Å²) in [5.41, 5.74) is 1.09. The molecule has 1 aliphatic rings. The van der Waals surface area contributed by atoms with Gasteiger partial charge in [-0.25, -0.2) is 4.76 Å². The quantitative estimate of drug-likeness (QED) is 0.621. The van der Waals surface area contributed by atoms with Crippen molar-refractivity contribution in [2.45, 2.75) is 6.42 Å². The highest BCUT2D eigenvalue weighted by atomic mass is 31.2. The summed E-state index contributed by atoms with van der Waals surface area (Å²) in [6.45, 7) is 0. The third-order valence-electron chi connectivity index (χ3n) is 3.40. The lowest BCUT2D eigenvalue weighted by Gasteiger charge is -2.14. The zero-order chi connectivity index (χ0) is 14.5. The molecule has 2 aromatic rings. The van der Waals surface area contributed by atoms with Crippen LogP contribution in [0.1, 0.15) is 6.42 Å². The third kappa shape index (κ3) is 2.96. The van der Waals surface area contributed by atoms with Gasteiger partial charge in [0.1, 0.15) is 0 Å². The molecule has 0 saturated heterocycles. The lowest BCUT2D eigenvalue weighted by atomic mass is 10.3. The monoisotopic (exact) mass is 293 g/mol. The minimum absolute atomic E-state index is 0.763. The molecule has 0 saturated carbocycles. The lowest BCUT2D eigenvalue weighted by Crippen LogP contribution is -2.14. The standard InChI is InChI=1S/C18H16NOP/c20-21(17-11-3-1-4-12-17,18-13-5-2-6-14-18)19-15-16-9-7-8-10-16/h1-9,11-15H,10H2/b19-15+. The van der Waals surface area contributed by atoms with E-state index < -0.39 is 7.29 Å². The first-order valence-corrected chi connectivity index (χ1v) is 8.57. The molecule has 0 amide bonds. The maximum Gasteiger partial charge on any atom is 0.247 e. The van der Waals surface area contributed by atoms with Gasteiger partial charge in [0.05, 0.1) is 0 Å². The van der Waals surface area contributed by atoms with Crippen LogP contribution in [0.4, 0.5) is 0 Å². The van der Waals surface area contributed by atoms with Gasteiger partial charge in [-0.3, -0.25) is 4.57 Å². The van der Waals surface area contributed by atoms with Crippen LogP contribution in [-0.4, -0.2) is 6.21 Å². The molecule has 0 aromatic heterocycles. The van der Waals surface area contributed by atoms with Gasteiger partial charge in [-0.05, 0) is 36.3 Å². The molecular formula is C18H16NOP. The molecule has 0 aliphatic heterocycles. The number of rotatable bonds is 4. The summed E-state index contributed by atoms with van der Waals surface area (Å²) < 4.78 is 18.0. The van der Waals surface area contributed by atoms with Crippen LogP contribution < -0.4 is 10.6 Å². The predicted molar refractivity (Wildman–Crippen MR) is 90.1 cm³/mol. The molecule has 2 aromatic carbocycles. The average Bonchev–Trinajstić information content (AvgIpc) is 3.08. The number of hydrogen-bond donors (Lipinski definition) is 0. The van der Waals surface area contributed by atoms with Crippen LogP contribution in [-0.2, 0) is 4.57 Å². The van der Waals surface area contributed by atoms with Gasteiger partial charge < -0.3 is 0 Å². The molecule has 3 heteroatoms. The van der Waals surface area contributed by atoms with E-state index in [2.05, 4.69) is 10.8 Å². The molecule has 0 atom stereocenters. The fourth-order valence-corrected chi connectivity index (χ4v) is 4.29. The van der Waals surface area contributed by atoms with Gasteiger partial charge in [0.25, 0.3) is 0 Å². The molecule has 0 spiro atoms.